The second kappa shape index (κ2) is 9.71. The van der Waals surface area contributed by atoms with Crippen molar-refractivity contribution >= 4 is 28.3 Å². The average Bonchev–Trinajstić information content (AvgIpc) is 3.58. The fourth-order valence-electron chi connectivity index (χ4n) is 7.26. The highest BCUT2D eigenvalue weighted by Crippen LogP contribution is 2.44. The third-order valence-electron chi connectivity index (χ3n) is 9.23. The number of nitrogens with one attached hydrogen (secondary N) is 1. The first-order valence-corrected chi connectivity index (χ1v) is 14.3. The number of nitrogens with zero attached hydrogens (tertiary/aromatic N) is 4. The number of hydrogen-bond donors (Lipinski definition) is 2. The topological polar surface area (TPSA) is 73.8 Å². The molecule has 4 saturated heterocycles. The first kappa shape index (κ1) is 25.2. The van der Waals surface area contributed by atoms with Crippen LogP contribution < -0.4 is 15.0 Å². The number of fused-ring (bicyclic) bond motifs is 4. The van der Waals surface area contributed by atoms with Gasteiger partial charge in [-0.25, -0.2) is 8.78 Å². The molecule has 4 fully saturated rings. The number of benzene rings is 2. The van der Waals surface area contributed by atoms with Crippen molar-refractivity contribution in [2.75, 3.05) is 44.2 Å². The van der Waals surface area contributed by atoms with Crippen LogP contribution >= 0.6 is 11.6 Å². The van der Waals surface area contributed by atoms with E-state index in [1.165, 1.54) is 18.2 Å². The molecule has 7 rings (SSSR count). The van der Waals surface area contributed by atoms with Gasteiger partial charge in [-0.1, -0.05) is 17.7 Å². The Hall–Kier alpha value is -2.75. The molecule has 2 unspecified atom stereocenters. The van der Waals surface area contributed by atoms with Crippen LogP contribution in [0.1, 0.15) is 38.5 Å². The minimum absolute atomic E-state index is 0.00613. The van der Waals surface area contributed by atoms with Crippen LogP contribution in [0.15, 0.2) is 24.3 Å². The summed E-state index contributed by atoms with van der Waals surface area (Å²) in [5.74, 6) is -0.784. The Kier molecular flexibility index (Phi) is 6.28. The van der Waals surface area contributed by atoms with Gasteiger partial charge in [-0.15, -0.1) is 0 Å². The molecule has 7 nitrogen and oxygen atoms in total. The van der Waals surface area contributed by atoms with Gasteiger partial charge in [0.1, 0.15) is 29.5 Å². The Morgan fingerprint density at radius 3 is 2.74 bits per heavy atom. The quantitative estimate of drug-likeness (QED) is 0.452. The maximum absolute atomic E-state index is 16.3. The Morgan fingerprint density at radius 2 is 1.95 bits per heavy atom. The summed E-state index contributed by atoms with van der Waals surface area (Å²) in [6.45, 7) is 5.11. The number of halogens is 3. The van der Waals surface area contributed by atoms with Gasteiger partial charge in [0.25, 0.3) is 0 Å². The van der Waals surface area contributed by atoms with Crippen LogP contribution in [0.4, 0.5) is 14.6 Å². The maximum Gasteiger partial charge on any atom is 0.319 e. The molecule has 0 spiro atoms. The third kappa shape index (κ3) is 4.30. The molecule has 2 atom stereocenters. The second-order valence-corrected chi connectivity index (χ2v) is 12.0. The van der Waals surface area contributed by atoms with E-state index in [1.54, 1.807) is 6.07 Å². The van der Waals surface area contributed by atoms with Crippen LogP contribution in [0.3, 0.4) is 0 Å². The first-order chi connectivity index (χ1) is 18.9. The molecule has 5 heterocycles. The molecule has 3 aromatic rings. The highest BCUT2D eigenvalue weighted by Gasteiger charge is 2.45. The summed E-state index contributed by atoms with van der Waals surface area (Å²) < 4.78 is 37.4. The number of aromatic nitrogens is 2. The third-order valence-corrected chi connectivity index (χ3v) is 9.52. The Balaban J connectivity index is 1.35. The molecule has 39 heavy (non-hydrogen) atoms. The van der Waals surface area contributed by atoms with Gasteiger partial charge in [0, 0.05) is 30.1 Å². The Bertz CT molecular complexity index is 1410. The average molecular weight is 556 g/mol. The molecule has 2 N–H and O–H groups in total. The molecule has 4 aliphatic rings. The van der Waals surface area contributed by atoms with E-state index in [4.69, 9.17) is 21.3 Å². The van der Waals surface area contributed by atoms with Crippen LogP contribution in [0, 0.1) is 17.6 Å². The standard InChI is InChI=1S/C29H32ClF2N5O2/c30-20-13-19-26(25(32)23(20)24-21(31)4-1-5-22(24)38)34-28(39-16-29-7-2-9-37(29)10-3-8-29)35-27(19)36-11-6-17-12-18(15-36)33-14-17/h1,4-5,13,17-18,33,38H,2-3,6-12,14-16H2. The van der Waals surface area contributed by atoms with E-state index < -0.39 is 17.4 Å². The van der Waals surface area contributed by atoms with Crippen LogP contribution in [-0.4, -0.2) is 70.9 Å². The second-order valence-electron chi connectivity index (χ2n) is 11.6. The lowest BCUT2D eigenvalue weighted by atomic mass is 9.95. The van der Waals surface area contributed by atoms with E-state index in [0.29, 0.717) is 29.8 Å². The summed E-state index contributed by atoms with van der Waals surface area (Å²) in [7, 11) is 0. The van der Waals surface area contributed by atoms with E-state index in [9.17, 15) is 9.50 Å². The highest BCUT2D eigenvalue weighted by atomic mass is 35.5. The first-order valence-electron chi connectivity index (χ1n) is 14.0. The number of hydrogen-bond acceptors (Lipinski definition) is 7. The van der Waals surface area contributed by atoms with Crippen molar-refractivity contribution in [1.29, 1.82) is 0 Å². The smallest absolute Gasteiger partial charge is 0.319 e. The SMILES string of the molecule is Oc1cccc(F)c1-c1c(Cl)cc2c(N3CCC4CNC(C4)C3)nc(OCC34CCCN3CCC4)nc2c1F. The molecule has 1 aromatic heterocycles. The largest absolute Gasteiger partial charge is 0.507 e. The molecule has 0 aliphatic carbocycles. The van der Waals surface area contributed by atoms with E-state index >= 15 is 4.39 Å². The summed E-state index contributed by atoms with van der Waals surface area (Å²) in [5, 5.41) is 14.4. The van der Waals surface area contributed by atoms with E-state index in [1.807, 2.05) is 0 Å². The number of anilines is 1. The molecule has 0 amide bonds. The maximum atomic E-state index is 16.3. The lowest BCUT2D eigenvalue weighted by molar-refractivity contribution is 0.108. The van der Waals surface area contributed by atoms with Crippen molar-refractivity contribution < 1.29 is 18.6 Å². The van der Waals surface area contributed by atoms with Gasteiger partial charge >= 0.3 is 6.01 Å². The summed E-state index contributed by atoms with van der Waals surface area (Å²) >= 11 is 6.60. The number of phenolic OH excluding ortho intramolecular Hbond substituents is 1. The van der Waals surface area contributed by atoms with Gasteiger partial charge in [0.15, 0.2) is 5.82 Å². The minimum Gasteiger partial charge on any atom is -0.507 e. The summed E-state index contributed by atoms with van der Waals surface area (Å²) in [5.41, 5.74) is -0.519. The fourth-order valence-corrected chi connectivity index (χ4v) is 7.55. The van der Waals surface area contributed by atoms with E-state index in [2.05, 4.69) is 20.1 Å². The zero-order valence-corrected chi connectivity index (χ0v) is 22.5. The monoisotopic (exact) mass is 555 g/mol. The predicted octanol–water partition coefficient (Wildman–Crippen LogP) is 5.13. The summed E-state index contributed by atoms with van der Waals surface area (Å²) in [6, 6.07) is 5.87. The molecular formula is C29H32ClF2N5O2. The van der Waals surface area contributed by atoms with Crippen molar-refractivity contribution in [1.82, 2.24) is 20.2 Å². The van der Waals surface area contributed by atoms with Crippen molar-refractivity contribution in [3.63, 3.8) is 0 Å². The molecule has 10 heteroatoms. The lowest BCUT2D eigenvalue weighted by Gasteiger charge is -2.31. The minimum atomic E-state index is -0.803. The van der Waals surface area contributed by atoms with Gasteiger partial charge in [-0.2, -0.15) is 9.97 Å². The summed E-state index contributed by atoms with van der Waals surface area (Å²) in [4.78, 5) is 14.0. The van der Waals surface area contributed by atoms with Gasteiger partial charge < -0.3 is 20.1 Å². The van der Waals surface area contributed by atoms with Gasteiger partial charge in [0.2, 0.25) is 0 Å². The molecule has 2 aromatic carbocycles. The lowest BCUT2D eigenvalue weighted by Crippen LogP contribution is -2.43. The molecule has 206 valence electrons. The fraction of sp³-hybridized carbons (Fsp3) is 0.517. The molecular weight excluding hydrogens is 524 g/mol. The summed E-state index contributed by atoms with van der Waals surface area (Å²) in [6.07, 6.45) is 6.51. The number of ether oxygens (including phenoxy) is 1. The van der Waals surface area contributed by atoms with Crippen molar-refractivity contribution in [3.8, 4) is 22.9 Å². The van der Waals surface area contributed by atoms with Gasteiger partial charge in [0.05, 0.1) is 16.1 Å². The predicted molar refractivity (Wildman–Crippen MR) is 147 cm³/mol. The van der Waals surface area contributed by atoms with Crippen molar-refractivity contribution in [2.45, 2.75) is 50.1 Å². The van der Waals surface area contributed by atoms with Crippen molar-refractivity contribution in [2.24, 2.45) is 5.92 Å². The Labute approximate surface area is 231 Å². The van der Waals surface area contributed by atoms with Crippen LogP contribution in [-0.2, 0) is 0 Å². The highest BCUT2D eigenvalue weighted by molar-refractivity contribution is 6.34. The zero-order valence-electron chi connectivity index (χ0n) is 21.7. The molecule has 4 aliphatic heterocycles. The van der Waals surface area contributed by atoms with Gasteiger partial charge in [-0.05, 0) is 82.3 Å². The normalized spacial score (nSPS) is 24.3. The Morgan fingerprint density at radius 1 is 1.13 bits per heavy atom. The van der Waals surface area contributed by atoms with Gasteiger partial charge in [-0.3, -0.25) is 4.90 Å². The molecule has 2 bridgehead atoms. The zero-order chi connectivity index (χ0) is 26.7. The molecule has 0 radical (unpaired) electrons. The van der Waals surface area contributed by atoms with Crippen molar-refractivity contribution in [3.05, 3.63) is 40.9 Å². The number of aromatic hydroxyl groups is 1. The molecule has 0 saturated carbocycles. The van der Waals surface area contributed by atoms with E-state index in [0.717, 1.165) is 71.2 Å². The van der Waals surface area contributed by atoms with Crippen LogP contribution in [0.2, 0.25) is 5.02 Å². The van der Waals surface area contributed by atoms with Crippen LogP contribution in [0.25, 0.3) is 22.0 Å². The van der Waals surface area contributed by atoms with E-state index in [-0.39, 0.29) is 33.2 Å². The van der Waals surface area contributed by atoms with Crippen LogP contribution in [0.5, 0.6) is 11.8 Å². The number of rotatable bonds is 5. The number of phenols is 1.